The van der Waals surface area contributed by atoms with Gasteiger partial charge in [-0.05, 0) is 36.4 Å². The molecule has 0 spiro atoms. The van der Waals surface area contributed by atoms with Crippen LogP contribution < -0.4 is 16.6 Å². The second-order valence-electron chi connectivity index (χ2n) is 6.56. The Morgan fingerprint density at radius 2 is 1.62 bits per heavy atom. The second-order valence-corrected chi connectivity index (χ2v) is 7.00. The minimum Gasteiger partial charge on any atom is -0.461 e. The van der Waals surface area contributed by atoms with Crippen LogP contribution in [-0.2, 0) is 5.54 Å². The lowest BCUT2D eigenvalue weighted by atomic mass is 9.88. The fourth-order valence-corrected chi connectivity index (χ4v) is 3.42. The highest BCUT2D eigenvalue weighted by Crippen LogP contribution is 2.55. The van der Waals surface area contributed by atoms with Crippen LogP contribution in [0.5, 0.6) is 0 Å². The van der Waals surface area contributed by atoms with Crippen LogP contribution in [0.15, 0.2) is 61.7 Å². The fourth-order valence-electron chi connectivity index (χ4n) is 3.29. The molecule has 4 rings (SSSR count). The number of furan rings is 1. The van der Waals surface area contributed by atoms with Gasteiger partial charge >= 0.3 is 18.0 Å². The highest BCUT2D eigenvalue weighted by Gasteiger charge is 2.75. The molecule has 3 heterocycles. The van der Waals surface area contributed by atoms with Crippen molar-refractivity contribution in [2.24, 2.45) is 4.99 Å². The zero-order chi connectivity index (χ0) is 23.5. The lowest BCUT2D eigenvalue weighted by Crippen LogP contribution is -2.59. The molecule has 1 aliphatic rings. The number of rotatable bonds is 2. The van der Waals surface area contributed by atoms with E-state index in [9.17, 15) is 35.9 Å². The Hall–Kier alpha value is -3.48. The number of aliphatic imine (C=N–C) groups is 1. The van der Waals surface area contributed by atoms with E-state index < -0.39 is 52.1 Å². The number of nitrogens with one attached hydrogen (secondary N) is 2. The Kier molecular flexibility index (Phi) is 4.77. The number of aromatic amines is 1. The second kappa shape index (κ2) is 7.02. The Balaban J connectivity index is 2.18. The quantitative estimate of drug-likeness (QED) is 0.545. The zero-order valence-electron chi connectivity index (χ0n) is 15.3. The molecule has 0 radical (unpaired) electrons. The van der Waals surface area contributed by atoms with E-state index >= 15 is 0 Å². The first-order chi connectivity index (χ1) is 14.9. The van der Waals surface area contributed by atoms with Crippen LogP contribution in [0.1, 0.15) is 11.3 Å². The number of halogens is 7. The van der Waals surface area contributed by atoms with Crippen LogP contribution >= 0.6 is 11.6 Å². The van der Waals surface area contributed by atoms with Crippen molar-refractivity contribution in [1.29, 1.82) is 0 Å². The largest absolute Gasteiger partial charge is 0.461 e. The van der Waals surface area contributed by atoms with Gasteiger partial charge in [-0.3, -0.25) is 9.78 Å². The van der Waals surface area contributed by atoms with Gasteiger partial charge in [-0.15, -0.1) is 0 Å². The summed E-state index contributed by atoms with van der Waals surface area (Å²) in [5.41, 5.74) is -10.2. The predicted octanol–water partition coefficient (Wildman–Crippen LogP) is 3.96. The standard InChI is InChI=1S/C18H9ClF6N4O3/c19-8-3-5-9(6-4-8)29-13-11(14(30)27-15(29)31)16(17(20,21)22,18(23,24)25)28-12(26-13)10-2-1-7-32-10/h1-7H,(H,26,28)(H,27,30,31). The predicted molar refractivity (Wildman–Crippen MR) is 100 cm³/mol. The van der Waals surface area contributed by atoms with Gasteiger partial charge in [-0.25, -0.2) is 14.4 Å². The van der Waals surface area contributed by atoms with Gasteiger partial charge in [-0.1, -0.05) is 11.6 Å². The van der Waals surface area contributed by atoms with Crippen molar-refractivity contribution in [3.8, 4) is 5.69 Å². The summed E-state index contributed by atoms with van der Waals surface area (Å²) in [5, 5.41) is 2.41. The third-order valence-electron chi connectivity index (χ3n) is 4.65. The number of hydrogen-bond acceptors (Lipinski definition) is 5. The summed E-state index contributed by atoms with van der Waals surface area (Å²) >= 11 is 5.77. The summed E-state index contributed by atoms with van der Waals surface area (Å²) in [4.78, 5) is 29.3. The van der Waals surface area contributed by atoms with Crippen molar-refractivity contribution in [2.45, 2.75) is 17.9 Å². The van der Waals surface area contributed by atoms with Gasteiger partial charge in [0.1, 0.15) is 11.4 Å². The topological polar surface area (TPSA) is 92.4 Å². The maximum Gasteiger partial charge on any atom is 0.427 e. The highest BCUT2D eigenvalue weighted by molar-refractivity contribution is 6.30. The molecule has 1 aromatic carbocycles. The Morgan fingerprint density at radius 1 is 1.00 bits per heavy atom. The molecular formula is C18H9ClF6N4O3. The third kappa shape index (κ3) is 3.11. The molecule has 0 bridgehead atoms. The molecule has 32 heavy (non-hydrogen) atoms. The number of fused-ring (bicyclic) bond motifs is 1. The van der Waals surface area contributed by atoms with Gasteiger partial charge in [0.15, 0.2) is 11.6 Å². The molecule has 0 unspecified atom stereocenters. The van der Waals surface area contributed by atoms with Crippen molar-refractivity contribution < 1.29 is 30.8 Å². The summed E-state index contributed by atoms with van der Waals surface area (Å²) < 4.78 is 90.0. The Bertz CT molecular complexity index is 1310. The molecule has 7 nitrogen and oxygen atoms in total. The fraction of sp³-hybridized carbons (Fsp3) is 0.167. The van der Waals surface area contributed by atoms with Crippen molar-refractivity contribution in [2.75, 3.05) is 5.32 Å². The van der Waals surface area contributed by atoms with E-state index in [0.29, 0.717) is 4.57 Å². The number of alkyl halides is 6. The SMILES string of the molecule is O=c1[nH]c(=O)n(-c2ccc(Cl)cc2)c2c1C(C(F)(F)F)(C(F)(F)F)N=C(c1ccco1)N2. The van der Waals surface area contributed by atoms with Crippen LogP contribution in [-0.4, -0.2) is 27.7 Å². The van der Waals surface area contributed by atoms with Crippen LogP contribution in [0.3, 0.4) is 0 Å². The molecule has 0 saturated carbocycles. The molecule has 3 aromatic rings. The van der Waals surface area contributed by atoms with Crippen LogP contribution in [0.4, 0.5) is 32.2 Å². The van der Waals surface area contributed by atoms with E-state index in [1.54, 1.807) is 0 Å². The first-order valence-electron chi connectivity index (χ1n) is 8.57. The molecule has 14 heteroatoms. The molecule has 0 atom stereocenters. The molecule has 2 N–H and O–H groups in total. The normalized spacial score (nSPS) is 15.7. The van der Waals surface area contributed by atoms with Gasteiger partial charge in [-0.2, -0.15) is 26.3 Å². The number of benzene rings is 1. The van der Waals surface area contributed by atoms with E-state index in [4.69, 9.17) is 16.0 Å². The monoisotopic (exact) mass is 478 g/mol. The summed E-state index contributed by atoms with van der Waals surface area (Å²) in [6, 6.07) is 7.13. The lowest BCUT2D eigenvalue weighted by molar-refractivity contribution is -0.301. The van der Waals surface area contributed by atoms with E-state index in [0.717, 1.165) is 12.3 Å². The third-order valence-corrected chi connectivity index (χ3v) is 4.90. The molecule has 0 amide bonds. The highest BCUT2D eigenvalue weighted by atomic mass is 35.5. The van der Waals surface area contributed by atoms with Crippen molar-refractivity contribution in [3.05, 3.63) is 79.8 Å². The average molecular weight is 479 g/mol. The van der Waals surface area contributed by atoms with Gasteiger partial charge in [0, 0.05) is 5.02 Å². The van der Waals surface area contributed by atoms with E-state index in [2.05, 4.69) is 10.3 Å². The molecule has 168 valence electrons. The Labute approximate surface area is 178 Å². The van der Waals surface area contributed by atoms with E-state index in [1.165, 1.54) is 35.3 Å². The van der Waals surface area contributed by atoms with Crippen LogP contribution in [0.2, 0.25) is 5.02 Å². The first-order valence-corrected chi connectivity index (χ1v) is 8.94. The van der Waals surface area contributed by atoms with E-state index in [-0.39, 0.29) is 10.7 Å². The number of aromatic nitrogens is 2. The first kappa shape index (κ1) is 21.7. The molecule has 0 saturated heterocycles. The van der Waals surface area contributed by atoms with Crippen LogP contribution in [0.25, 0.3) is 5.69 Å². The van der Waals surface area contributed by atoms with Crippen molar-refractivity contribution in [3.63, 3.8) is 0 Å². The summed E-state index contributed by atoms with van der Waals surface area (Å²) in [6.45, 7) is 0. The van der Waals surface area contributed by atoms with Crippen molar-refractivity contribution >= 4 is 23.3 Å². The molecule has 2 aromatic heterocycles. The van der Waals surface area contributed by atoms with Gasteiger partial charge < -0.3 is 9.73 Å². The smallest absolute Gasteiger partial charge is 0.427 e. The minimum atomic E-state index is -6.12. The number of H-pyrrole nitrogens is 1. The zero-order valence-corrected chi connectivity index (χ0v) is 16.1. The number of nitrogens with zero attached hydrogens (tertiary/aromatic N) is 2. The minimum absolute atomic E-state index is 0.168. The van der Waals surface area contributed by atoms with Gasteiger partial charge in [0.25, 0.3) is 11.1 Å². The summed E-state index contributed by atoms with van der Waals surface area (Å²) in [7, 11) is 0. The number of amidine groups is 1. The molecule has 0 aliphatic carbocycles. The maximum atomic E-state index is 14.1. The van der Waals surface area contributed by atoms with E-state index in [1.807, 2.05) is 0 Å². The summed E-state index contributed by atoms with van der Waals surface area (Å²) in [6.07, 6.45) is -11.2. The number of hydrogen-bond donors (Lipinski definition) is 2. The molecule has 1 aliphatic heterocycles. The number of anilines is 1. The van der Waals surface area contributed by atoms with Crippen LogP contribution in [0, 0.1) is 0 Å². The average Bonchev–Trinajstić information content (AvgIpc) is 3.21. The molecular weight excluding hydrogens is 470 g/mol. The molecule has 0 fully saturated rings. The maximum absolute atomic E-state index is 14.1. The Morgan fingerprint density at radius 3 is 2.16 bits per heavy atom. The lowest BCUT2D eigenvalue weighted by Gasteiger charge is -2.38. The summed E-state index contributed by atoms with van der Waals surface area (Å²) in [5.74, 6) is -2.54. The van der Waals surface area contributed by atoms with Gasteiger partial charge in [0.05, 0.1) is 12.0 Å². The van der Waals surface area contributed by atoms with Crippen molar-refractivity contribution in [1.82, 2.24) is 9.55 Å². The van der Waals surface area contributed by atoms with Gasteiger partial charge in [0.2, 0.25) is 0 Å².